The molecular formula is C16H19N3O2S. The largest absolute Gasteiger partial charge is 0.497 e. The average Bonchev–Trinajstić information content (AvgIpc) is 3.04. The summed E-state index contributed by atoms with van der Waals surface area (Å²) >= 11 is 1.46. The lowest BCUT2D eigenvalue weighted by atomic mass is 9.97. The molecule has 0 atom stereocenters. The van der Waals surface area contributed by atoms with E-state index in [1.54, 1.807) is 7.11 Å². The Morgan fingerprint density at radius 3 is 2.73 bits per heavy atom. The summed E-state index contributed by atoms with van der Waals surface area (Å²) in [5.74, 6) is 0.991. The second-order valence-electron chi connectivity index (χ2n) is 5.28. The number of anilines is 1. The van der Waals surface area contributed by atoms with Crippen LogP contribution in [0, 0.1) is 5.92 Å². The molecule has 2 aromatic rings. The molecule has 1 aliphatic rings. The molecule has 116 valence electrons. The van der Waals surface area contributed by atoms with Gasteiger partial charge in [-0.3, -0.25) is 4.79 Å². The molecule has 0 saturated carbocycles. The van der Waals surface area contributed by atoms with Gasteiger partial charge in [0.05, 0.1) is 12.8 Å². The van der Waals surface area contributed by atoms with Crippen molar-refractivity contribution in [3.8, 4) is 17.0 Å². The van der Waals surface area contributed by atoms with Gasteiger partial charge in [-0.2, -0.15) is 0 Å². The molecule has 22 heavy (non-hydrogen) atoms. The molecule has 0 radical (unpaired) electrons. The Balaban J connectivity index is 1.66. The Morgan fingerprint density at radius 1 is 1.32 bits per heavy atom. The first-order valence-corrected chi connectivity index (χ1v) is 8.26. The molecule has 2 heterocycles. The number of hydrogen-bond acceptors (Lipinski definition) is 5. The van der Waals surface area contributed by atoms with Crippen LogP contribution in [0.5, 0.6) is 5.75 Å². The second-order valence-corrected chi connectivity index (χ2v) is 6.14. The van der Waals surface area contributed by atoms with Crippen molar-refractivity contribution < 1.29 is 9.53 Å². The third kappa shape index (κ3) is 3.45. The highest BCUT2D eigenvalue weighted by Gasteiger charge is 2.21. The van der Waals surface area contributed by atoms with E-state index in [0.29, 0.717) is 5.13 Å². The first-order valence-electron chi connectivity index (χ1n) is 7.38. The molecule has 0 unspecified atom stereocenters. The number of aromatic nitrogens is 1. The summed E-state index contributed by atoms with van der Waals surface area (Å²) in [6.45, 7) is 1.82. The van der Waals surface area contributed by atoms with Crippen LogP contribution < -0.4 is 15.4 Å². The third-order valence-corrected chi connectivity index (χ3v) is 4.59. The molecule has 0 bridgehead atoms. The number of benzene rings is 1. The molecule has 1 aromatic heterocycles. The topological polar surface area (TPSA) is 63.2 Å². The van der Waals surface area contributed by atoms with E-state index < -0.39 is 0 Å². The fourth-order valence-electron chi connectivity index (χ4n) is 2.52. The van der Waals surface area contributed by atoms with Crippen LogP contribution in [0.4, 0.5) is 5.13 Å². The van der Waals surface area contributed by atoms with Crippen LogP contribution in [0.3, 0.4) is 0 Å². The van der Waals surface area contributed by atoms with Gasteiger partial charge >= 0.3 is 0 Å². The molecule has 2 N–H and O–H groups in total. The molecule has 5 nitrogen and oxygen atoms in total. The highest BCUT2D eigenvalue weighted by Crippen LogP contribution is 2.27. The van der Waals surface area contributed by atoms with Gasteiger partial charge in [-0.05, 0) is 50.2 Å². The maximum Gasteiger partial charge on any atom is 0.229 e. The molecule has 3 rings (SSSR count). The van der Waals surface area contributed by atoms with Gasteiger partial charge in [0.15, 0.2) is 5.13 Å². The summed E-state index contributed by atoms with van der Waals surface area (Å²) < 4.78 is 5.15. The first-order chi connectivity index (χ1) is 10.8. The van der Waals surface area contributed by atoms with Crippen LogP contribution in [0.1, 0.15) is 12.8 Å². The quantitative estimate of drug-likeness (QED) is 0.910. The highest BCUT2D eigenvalue weighted by molar-refractivity contribution is 7.14. The number of amides is 1. The second kappa shape index (κ2) is 6.89. The molecule has 0 spiro atoms. The Labute approximate surface area is 133 Å². The molecule has 0 aliphatic carbocycles. The van der Waals surface area contributed by atoms with E-state index in [2.05, 4.69) is 15.6 Å². The molecular weight excluding hydrogens is 298 g/mol. The van der Waals surface area contributed by atoms with E-state index in [9.17, 15) is 4.79 Å². The zero-order chi connectivity index (χ0) is 15.4. The number of carbonyl (C=O) groups excluding carboxylic acids is 1. The van der Waals surface area contributed by atoms with Crippen molar-refractivity contribution in [2.45, 2.75) is 12.8 Å². The number of hydrogen-bond donors (Lipinski definition) is 2. The van der Waals surface area contributed by atoms with Gasteiger partial charge in [0.25, 0.3) is 0 Å². The van der Waals surface area contributed by atoms with E-state index in [0.717, 1.165) is 42.9 Å². The van der Waals surface area contributed by atoms with Gasteiger partial charge in [0.2, 0.25) is 5.91 Å². The molecule has 6 heteroatoms. The summed E-state index contributed by atoms with van der Waals surface area (Å²) in [5, 5.41) is 8.83. The predicted molar refractivity (Wildman–Crippen MR) is 88.3 cm³/mol. The van der Waals surface area contributed by atoms with Crippen molar-refractivity contribution >= 4 is 22.4 Å². The smallest absolute Gasteiger partial charge is 0.229 e. The first kappa shape index (κ1) is 15.0. The van der Waals surface area contributed by atoms with Crippen molar-refractivity contribution in [2.24, 2.45) is 5.92 Å². The number of rotatable bonds is 4. The lowest BCUT2D eigenvalue weighted by Gasteiger charge is -2.20. The zero-order valence-corrected chi connectivity index (χ0v) is 13.3. The van der Waals surface area contributed by atoms with Crippen LogP contribution in [0.15, 0.2) is 29.6 Å². The van der Waals surface area contributed by atoms with E-state index in [1.165, 1.54) is 11.3 Å². The van der Waals surface area contributed by atoms with Gasteiger partial charge in [-0.25, -0.2) is 4.98 Å². The minimum absolute atomic E-state index is 0.0807. The van der Waals surface area contributed by atoms with Gasteiger partial charge in [0.1, 0.15) is 5.75 Å². The number of nitrogens with zero attached hydrogens (tertiary/aromatic N) is 1. The van der Waals surface area contributed by atoms with E-state index >= 15 is 0 Å². The van der Waals surface area contributed by atoms with Crippen LogP contribution in [-0.2, 0) is 4.79 Å². The van der Waals surface area contributed by atoms with Crippen molar-refractivity contribution in [3.05, 3.63) is 29.6 Å². The van der Waals surface area contributed by atoms with Gasteiger partial charge in [-0.1, -0.05) is 0 Å². The lowest BCUT2D eigenvalue weighted by molar-refractivity contribution is -0.120. The van der Waals surface area contributed by atoms with Crippen LogP contribution in [-0.4, -0.2) is 31.1 Å². The molecule has 1 fully saturated rings. The van der Waals surface area contributed by atoms with Crippen LogP contribution in [0.2, 0.25) is 0 Å². The van der Waals surface area contributed by atoms with E-state index in [4.69, 9.17) is 4.74 Å². The maximum atomic E-state index is 12.2. The number of thiazole rings is 1. The number of carbonyl (C=O) groups is 1. The Hall–Kier alpha value is -1.92. The van der Waals surface area contributed by atoms with Gasteiger partial charge < -0.3 is 15.4 Å². The van der Waals surface area contributed by atoms with E-state index in [-0.39, 0.29) is 11.8 Å². The fourth-order valence-corrected chi connectivity index (χ4v) is 3.24. The molecule has 1 aromatic carbocycles. The summed E-state index contributed by atoms with van der Waals surface area (Å²) in [4.78, 5) is 16.7. The molecule has 1 amide bonds. The van der Waals surface area contributed by atoms with Crippen molar-refractivity contribution in [3.63, 3.8) is 0 Å². The summed E-state index contributed by atoms with van der Waals surface area (Å²) in [6.07, 6.45) is 1.78. The van der Waals surface area contributed by atoms with Crippen molar-refractivity contribution in [1.29, 1.82) is 0 Å². The van der Waals surface area contributed by atoms with Crippen molar-refractivity contribution in [2.75, 3.05) is 25.5 Å². The number of ether oxygens (including phenoxy) is 1. The minimum Gasteiger partial charge on any atom is -0.497 e. The lowest BCUT2D eigenvalue weighted by Crippen LogP contribution is -2.34. The number of piperidine rings is 1. The minimum atomic E-state index is 0.0807. The van der Waals surface area contributed by atoms with Gasteiger partial charge in [-0.15, -0.1) is 11.3 Å². The fraction of sp³-hybridized carbons (Fsp3) is 0.375. The monoisotopic (exact) mass is 317 g/mol. The standard InChI is InChI=1S/C16H19N3O2S/c1-21-13-4-2-11(3-5-13)14-10-22-16(18-14)19-15(20)12-6-8-17-9-7-12/h2-5,10,12,17H,6-9H2,1H3,(H,18,19,20). The van der Waals surface area contributed by atoms with Crippen molar-refractivity contribution in [1.82, 2.24) is 10.3 Å². The summed E-state index contributed by atoms with van der Waals surface area (Å²) in [6, 6.07) is 7.74. The normalized spacial score (nSPS) is 15.5. The highest BCUT2D eigenvalue weighted by atomic mass is 32.1. The van der Waals surface area contributed by atoms with Crippen LogP contribution >= 0.6 is 11.3 Å². The zero-order valence-electron chi connectivity index (χ0n) is 12.5. The SMILES string of the molecule is COc1ccc(-c2csc(NC(=O)C3CCNCC3)n2)cc1. The summed E-state index contributed by atoms with van der Waals surface area (Å²) in [7, 11) is 1.65. The third-order valence-electron chi connectivity index (χ3n) is 3.83. The molecule has 1 saturated heterocycles. The van der Waals surface area contributed by atoms with Crippen LogP contribution in [0.25, 0.3) is 11.3 Å². The van der Waals surface area contributed by atoms with E-state index in [1.807, 2.05) is 29.6 Å². The summed E-state index contributed by atoms with van der Waals surface area (Å²) in [5.41, 5.74) is 1.88. The predicted octanol–water partition coefficient (Wildman–Crippen LogP) is 2.76. The Kier molecular flexibility index (Phi) is 4.70. The number of methoxy groups -OCH3 is 1. The Morgan fingerprint density at radius 2 is 2.05 bits per heavy atom. The number of nitrogens with one attached hydrogen (secondary N) is 2. The van der Waals surface area contributed by atoms with Gasteiger partial charge in [0, 0.05) is 16.9 Å². The molecule has 1 aliphatic heterocycles. The Bertz CT molecular complexity index is 633. The maximum absolute atomic E-state index is 12.2. The average molecular weight is 317 g/mol.